The van der Waals surface area contributed by atoms with Gasteiger partial charge in [0.25, 0.3) is 0 Å². The van der Waals surface area contributed by atoms with Gasteiger partial charge < -0.3 is 25.5 Å². The predicted octanol–water partition coefficient (Wildman–Crippen LogP) is 10.8. The number of nitrogens with zero attached hydrogens (tertiary/aromatic N) is 10. The Morgan fingerprint density at radius 1 is 0.592 bits per heavy atom. The van der Waals surface area contributed by atoms with Crippen LogP contribution in [0, 0.1) is 0 Å². The van der Waals surface area contributed by atoms with Crippen LogP contribution in [-0.4, -0.2) is 48.1 Å². The number of hydrogen-bond acceptors (Lipinski definition) is 11. The van der Waals surface area contributed by atoms with E-state index in [0.29, 0.717) is 38.7 Å². The van der Waals surface area contributed by atoms with Gasteiger partial charge in [-0.05, 0) is 84.9 Å². The van der Waals surface area contributed by atoms with Crippen molar-refractivity contribution in [3.05, 3.63) is 126 Å². The van der Waals surface area contributed by atoms with Gasteiger partial charge in [-0.1, -0.05) is 23.2 Å². The zero-order valence-corrected chi connectivity index (χ0v) is 28.8. The molecule has 0 atom stereocenters. The summed E-state index contributed by atoms with van der Waals surface area (Å²) in [6.07, 6.45) is 8.37. The van der Waals surface area contributed by atoms with Crippen molar-refractivity contribution in [2.24, 2.45) is 30.7 Å². The number of hydrogen-bond donors (Lipinski definition) is 3. The first-order valence-electron chi connectivity index (χ1n) is 14.7. The van der Waals surface area contributed by atoms with Gasteiger partial charge in [-0.3, -0.25) is 0 Å². The molecule has 0 bridgehead atoms. The summed E-state index contributed by atoms with van der Waals surface area (Å²) in [6, 6.07) is 25.9. The number of rotatable bonds is 8. The van der Waals surface area contributed by atoms with Gasteiger partial charge in [-0.2, -0.15) is 10.2 Å². The van der Waals surface area contributed by atoms with Gasteiger partial charge in [0.05, 0.1) is 33.4 Å². The average Bonchev–Trinajstić information content (AvgIpc) is 3.86. The van der Waals surface area contributed by atoms with Crippen LogP contribution in [0.2, 0.25) is 10.0 Å². The quantitative estimate of drug-likeness (QED) is 0.106. The Bertz CT molecular complexity index is 1920. The van der Waals surface area contributed by atoms with Gasteiger partial charge in [-0.15, -0.1) is 20.5 Å². The van der Waals surface area contributed by atoms with Gasteiger partial charge in [0.1, 0.15) is 11.4 Å². The Morgan fingerprint density at radius 2 is 1.12 bits per heavy atom. The maximum Gasteiger partial charge on any atom is 0.246 e. The number of aromatic nitrogens is 4. The summed E-state index contributed by atoms with van der Waals surface area (Å²) in [7, 11) is 7.96. The topological polar surface area (TPSA) is 164 Å². The maximum atomic E-state index is 6.24. The predicted molar refractivity (Wildman–Crippen MR) is 199 cm³/mol. The second kappa shape index (κ2) is 18.4. The SMILES string of the molecule is CN(C)c1ccc(N=Nc2ccc(N)cc2Cl)cc1.CN(C)c1ccc(N=Nc2ccc(N=Nc3ncc[nH]3)cc2Cl)cc1.c1c[nH]cn1. The minimum Gasteiger partial charge on any atom is -0.399 e. The van der Waals surface area contributed by atoms with Crippen molar-refractivity contribution >= 4 is 74.6 Å². The fourth-order valence-corrected chi connectivity index (χ4v) is 4.17. The Hall–Kier alpha value is -5.92. The molecule has 49 heavy (non-hydrogen) atoms. The molecule has 250 valence electrons. The second-order valence-corrected chi connectivity index (χ2v) is 11.3. The molecule has 4 N–H and O–H groups in total. The fourth-order valence-electron chi connectivity index (χ4n) is 3.73. The van der Waals surface area contributed by atoms with Crippen molar-refractivity contribution in [3.63, 3.8) is 0 Å². The lowest BCUT2D eigenvalue weighted by Crippen LogP contribution is -2.07. The van der Waals surface area contributed by atoms with Gasteiger partial charge in [-0.25, -0.2) is 9.97 Å². The van der Waals surface area contributed by atoms with Gasteiger partial charge in [0.15, 0.2) is 0 Å². The molecule has 0 amide bonds. The van der Waals surface area contributed by atoms with Crippen molar-refractivity contribution in [3.8, 4) is 0 Å². The lowest BCUT2D eigenvalue weighted by Gasteiger charge is -2.11. The highest BCUT2D eigenvalue weighted by Crippen LogP contribution is 2.32. The molecular formula is C34H35Cl2N13. The standard InChI is InChI=1S/C17H16ClN7.C14H15ClN4.C3H4N2/c1-25(2)14-6-3-12(4-7-14)21-23-16-8-5-13(11-15(16)18)22-24-17-19-9-10-20-17;1-19(2)12-6-4-11(5-7-12)17-18-14-8-3-10(16)9-13(14)15;1-2-5-3-4-1/h3-11H,1-2H3,(H,19,20);3-9H,16H2,1-2H3;1-3H,(H,4,5). The maximum absolute atomic E-state index is 6.24. The summed E-state index contributed by atoms with van der Waals surface area (Å²) < 4.78 is 0. The molecule has 0 saturated carbocycles. The Kier molecular flexibility index (Phi) is 13.5. The van der Waals surface area contributed by atoms with Crippen LogP contribution in [0.3, 0.4) is 0 Å². The summed E-state index contributed by atoms with van der Waals surface area (Å²) in [5, 5.41) is 25.6. The third kappa shape index (κ3) is 12.0. The normalized spacial score (nSPS) is 10.9. The number of nitrogens with one attached hydrogen (secondary N) is 2. The largest absolute Gasteiger partial charge is 0.399 e. The van der Waals surface area contributed by atoms with E-state index in [1.54, 1.807) is 67.5 Å². The lowest BCUT2D eigenvalue weighted by atomic mass is 10.3. The molecule has 0 radical (unpaired) electrons. The average molecular weight is 697 g/mol. The molecule has 0 aliphatic heterocycles. The van der Waals surface area contributed by atoms with Crippen molar-refractivity contribution in [2.45, 2.75) is 0 Å². The third-order valence-corrected chi connectivity index (χ3v) is 6.94. The lowest BCUT2D eigenvalue weighted by molar-refractivity contribution is 1.12. The van der Waals surface area contributed by atoms with E-state index in [1.165, 1.54) is 0 Å². The Morgan fingerprint density at radius 3 is 1.55 bits per heavy atom. The molecule has 6 rings (SSSR count). The summed E-state index contributed by atoms with van der Waals surface area (Å²) in [4.78, 5) is 17.3. The molecule has 0 saturated heterocycles. The van der Waals surface area contributed by atoms with Crippen LogP contribution in [0.5, 0.6) is 0 Å². The van der Waals surface area contributed by atoms with Crippen molar-refractivity contribution in [1.29, 1.82) is 0 Å². The summed E-state index contributed by atoms with van der Waals surface area (Å²) in [5.41, 5.74) is 11.8. The van der Waals surface area contributed by atoms with Crippen molar-refractivity contribution in [1.82, 2.24) is 19.9 Å². The van der Waals surface area contributed by atoms with E-state index in [9.17, 15) is 0 Å². The molecule has 4 aromatic carbocycles. The number of azo groups is 3. The number of nitrogen functional groups attached to an aromatic ring is 1. The first kappa shape index (κ1) is 35.9. The van der Waals surface area contributed by atoms with Crippen LogP contribution >= 0.6 is 23.2 Å². The van der Waals surface area contributed by atoms with Gasteiger partial charge in [0.2, 0.25) is 5.95 Å². The second-order valence-electron chi connectivity index (χ2n) is 10.4. The van der Waals surface area contributed by atoms with Gasteiger partial charge in [0, 0.05) is 70.0 Å². The highest BCUT2D eigenvalue weighted by molar-refractivity contribution is 6.33. The van der Waals surface area contributed by atoms with E-state index < -0.39 is 0 Å². The minimum absolute atomic E-state index is 0.432. The number of halogens is 2. The van der Waals surface area contributed by atoms with Gasteiger partial charge >= 0.3 is 0 Å². The summed E-state index contributed by atoms with van der Waals surface area (Å²) >= 11 is 12.3. The zero-order valence-electron chi connectivity index (χ0n) is 27.3. The van der Waals surface area contributed by atoms with E-state index in [2.05, 4.69) is 50.6 Å². The summed E-state index contributed by atoms with van der Waals surface area (Å²) in [5.74, 6) is 0.432. The van der Waals surface area contributed by atoms with Crippen LogP contribution in [-0.2, 0) is 0 Å². The van der Waals surface area contributed by atoms with E-state index in [0.717, 1.165) is 22.7 Å². The molecule has 13 nitrogen and oxygen atoms in total. The highest BCUT2D eigenvalue weighted by Gasteiger charge is 2.03. The molecule has 2 heterocycles. The van der Waals surface area contributed by atoms with Crippen LogP contribution in [0.25, 0.3) is 0 Å². The van der Waals surface area contributed by atoms with Crippen LogP contribution in [0.4, 0.5) is 51.4 Å². The molecule has 0 spiro atoms. The van der Waals surface area contributed by atoms with Crippen molar-refractivity contribution < 1.29 is 0 Å². The number of imidazole rings is 2. The third-order valence-electron chi connectivity index (χ3n) is 6.33. The highest BCUT2D eigenvalue weighted by atomic mass is 35.5. The first-order valence-corrected chi connectivity index (χ1v) is 15.5. The molecular weight excluding hydrogens is 661 g/mol. The zero-order chi connectivity index (χ0) is 35.0. The molecule has 0 aliphatic rings. The first-order chi connectivity index (χ1) is 23.7. The minimum atomic E-state index is 0.432. The van der Waals surface area contributed by atoms with Crippen LogP contribution < -0.4 is 15.5 Å². The molecule has 0 aliphatic carbocycles. The van der Waals surface area contributed by atoms with E-state index in [4.69, 9.17) is 28.9 Å². The van der Waals surface area contributed by atoms with E-state index in [1.807, 2.05) is 86.5 Å². The van der Waals surface area contributed by atoms with E-state index >= 15 is 0 Å². The number of anilines is 3. The van der Waals surface area contributed by atoms with E-state index in [-0.39, 0.29) is 0 Å². The molecule has 6 aromatic rings. The molecule has 0 fully saturated rings. The monoisotopic (exact) mass is 695 g/mol. The molecule has 15 heteroatoms. The summed E-state index contributed by atoms with van der Waals surface area (Å²) in [6.45, 7) is 0. The molecule has 0 unspecified atom stereocenters. The van der Waals surface area contributed by atoms with Crippen LogP contribution in [0.1, 0.15) is 0 Å². The number of benzene rings is 4. The Balaban J connectivity index is 0.000000198. The number of H-pyrrole nitrogens is 2. The fraction of sp³-hybridized carbons (Fsp3) is 0.118. The Labute approximate surface area is 294 Å². The molecule has 2 aromatic heterocycles. The smallest absolute Gasteiger partial charge is 0.246 e. The number of nitrogens with two attached hydrogens (primary N) is 1. The van der Waals surface area contributed by atoms with Crippen LogP contribution in [0.15, 0.2) is 147 Å². The van der Waals surface area contributed by atoms with Crippen molar-refractivity contribution in [2.75, 3.05) is 43.7 Å². The number of aromatic amines is 2.